The molecule has 0 spiro atoms. The molecule has 6 rings (SSSR count). The molecule has 5 atom stereocenters. The first-order valence-corrected chi connectivity index (χ1v) is 12.9. The number of rotatable bonds is 1. The van der Waals surface area contributed by atoms with Crippen LogP contribution < -0.4 is 5.32 Å². The molecule has 1 heterocycles. The second kappa shape index (κ2) is 9.10. The summed E-state index contributed by atoms with van der Waals surface area (Å²) in [7, 11) is 3.75. The van der Waals surface area contributed by atoms with Crippen LogP contribution in [0.5, 0.6) is 0 Å². The number of allylic oxidation sites excluding steroid dienone is 3. The maximum Gasteiger partial charge on any atom is 0.0929 e. The summed E-state index contributed by atoms with van der Waals surface area (Å²) in [4.78, 5) is 0. The third kappa shape index (κ3) is 3.88. The van der Waals surface area contributed by atoms with E-state index in [-0.39, 0.29) is 11.5 Å². The normalized spacial score (nSPS) is 32.6. The van der Waals surface area contributed by atoms with E-state index in [9.17, 15) is 10.2 Å². The topological polar surface area (TPSA) is 81.2 Å². The molecule has 2 aromatic rings. The van der Waals surface area contributed by atoms with Crippen LogP contribution in [0.2, 0.25) is 0 Å². The Balaban J connectivity index is 0.000000764. The van der Waals surface area contributed by atoms with Gasteiger partial charge in [-0.1, -0.05) is 42.4 Å². The SMILES string of the molecule is CNC.Cc1[nH]nc2cc(C3=CCC4C5=C(C=C6CC(O)CCC6CC5)C(O)CC34C)ccc12. The predicted molar refractivity (Wildman–Crippen MR) is 138 cm³/mol. The first-order chi connectivity index (χ1) is 16.4. The van der Waals surface area contributed by atoms with Crippen molar-refractivity contribution in [2.45, 2.75) is 71.0 Å². The number of hydrogen-bond donors (Lipinski definition) is 4. The highest BCUT2D eigenvalue weighted by Crippen LogP contribution is 2.59. The molecule has 4 aliphatic rings. The van der Waals surface area contributed by atoms with Crippen molar-refractivity contribution < 1.29 is 10.2 Å². The molecule has 1 fully saturated rings. The van der Waals surface area contributed by atoms with Gasteiger partial charge in [-0.3, -0.25) is 5.10 Å². The van der Waals surface area contributed by atoms with Crippen molar-refractivity contribution in [3.05, 3.63) is 58.3 Å². The van der Waals surface area contributed by atoms with E-state index in [4.69, 9.17) is 0 Å². The van der Waals surface area contributed by atoms with E-state index in [1.54, 1.807) is 0 Å². The van der Waals surface area contributed by atoms with Crippen LogP contribution in [0.3, 0.4) is 0 Å². The van der Waals surface area contributed by atoms with Gasteiger partial charge in [0.15, 0.2) is 0 Å². The third-order valence-corrected chi connectivity index (χ3v) is 8.71. The lowest BCUT2D eigenvalue weighted by molar-refractivity contribution is 0.124. The molecule has 4 aliphatic carbocycles. The fourth-order valence-electron chi connectivity index (χ4n) is 7.05. The Hall–Kier alpha value is -2.21. The van der Waals surface area contributed by atoms with Crippen molar-refractivity contribution in [3.8, 4) is 0 Å². The molecule has 0 radical (unpaired) electrons. The van der Waals surface area contributed by atoms with E-state index in [1.165, 1.54) is 33.2 Å². The number of H-pyrrole nitrogens is 1. The summed E-state index contributed by atoms with van der Waals surface area (Å²) in [5.41, 5.74) is 8.69. The van der Waals surface area contributed by atoms with Gasteiger partial charge in [0.2, 0.25) is 0 Å². The first-order valence-electron chi connectivity index (χ1n) is 12.9. The second-order valence-electron chi connectivity index (χ2n) is 11.0. The average molecular weight is 462 g/mol. The molecule has 5 nitrogen and oxygen atoms in total. The minimum absolute atomic E-state index is 0.0508. The molecule has 1 saturated carbocycles. The van der Waals surface area contributed by atoms with E-state index in [1.807, 2.05) is 14.1 Å². The zero-order valence-electron chi connectivity index (χ0n) is 21.0. The quantitative estimate of drug-likeness (QED) is 0.479. The summed E-state index contributed by atoms with van der Waals surface area (Å²) in [6.07, 6.45) is 10.9. The Labute approximate surface area is 203 Å². The van der Waals surface area contributed by atoms with Crippen molar-refractivity contribution >= 4 is 16.5 Å². The molecule has 5 unspecified atom stereocenters. The van der Waals surface area contributed by atoms with E-state index in [2.05, 4.69) is 59.7 Å². The van der Waals surface area contributed by atoms with Gasteiger partial charge in [-0.25, -0.2) is 0 Å². The minimum Gasteiger partial charge on any atom is -0.393 e. The molecule has 0 saturated heterocycles. The number of aliphatic hydroxyl groups is 2. The van der Waals surface area contributed by atoms with Gasteiger partial charge in [-0.15, -0.1) is 0 Å². The van der Waals surface area contributed by atoms with Crippen molar-refractivity contribution in [2.75, 3.05) is 14.1 Å². The smallest absolute Gasteiger partial charge is 0.0929 e. The summed E-state index contributed by atoms with van der Waals surface area (Å²) < 4.78 is 0. The number of aliphatic hydroxyl groups excluding tert-OH is 2. The van der Waals surface area contributed by atoms with Crippen LogP contribution in [0.15, 0.2) is 47.1 Å². The molecule has 0 bridgehead atoms. The maximum absolute atomic E-state index is 11.3. The largest absolute Gasteiger partial charge is 0.393 e. The lowest BCUT2D eigenvalue weighted by Gasteiger charge is -2.43. The minimum atomic E-state index is -0.431. The Kier molecular flexibility index (Phi) is 6.30. The fraction of sp³-hybridized carbons (Fsp3) is 0.552. The number of benzene rings is 1. The lowest BCUT2D eigenvalue weighted by atomic mass is 9.61. The van der Waals surface area contributed by atoms with Gasteiger partial charge in [0.1, 0.15) is 0 Å². The number of aryl methyl sites for hydroxylation is 1. The monoisotopic (exact) mass is 461 g/mol. The zero-order valence-corrected chi connectivity index (χ0v) is 21.0. The summed E-state index contributed by atoms with van der Waals surface area (Å²) >= 11 is 0. The maximum atomic E-state index is 11.3. The van der Waals surface area contributed by atoms with E-state index in [0.29, 0.717) is 11.8 Å². The molecular formula is C29H39N3O2. The van der Waals surface area contributed by atoms with Gasteiger partial charge in [0, 0.05) is 16.5 Å². The summed E-state index contributed by atoms with van der Waals surface area (Å²) in [5, 5.41) is 33.0. The van der Waals surface area contributed by atoms with Crippen LogP contribution in [-0.2, 0) is 0 Å². The van der Waals surface area contributed by atoms with Crippen LogP contribution >= 0.6 is 0 Å². The van der Waals surface area contributed by atoms with Crippen molar-refractivity contribution in [1.29, 1.82) is 0 Å². The fourth-order valence-corrected chi connectivity index (χ4v) is 7.05. The molecule has 182 valence electrons. The number of hydrogen-bond acceptors (Lipinski definition) is 4. The van der Waals surface area contributed by atoms with Crippen molar-refractivity contribution in [1.82, 2.24) is 15.5 Å². The molecule has 4 N–H and O–H groups in total. The van der Waals surface area contributed by atoms with Crippen LogP contribution in [0.1, 0.15) is 63.1 Å². The van der Waals surface area contributed by atoms with Crippen molar-refractivity contribution in [2.24, 2.45) is 17.3 Å². The zero-order chi connectivity index (χ0) is 24.0. The molecule has 1 aromatic heterocycles. The van der Waals surface area contributed by atoms with Crippen LogP contribution in [0, 0.1) is 24.2 Å². The standard InChI is InChI=1S/C27H32N2O2.C2H7N/c1-15-20-7-5-17(13-25(20)29-28-15)23-9-10-24-21-8-4-16-3-6-19(30)11-18(16)12-22(21)26(31)14-27(23,24)2;1-3-2/h5,7,9,12-13,16,19,24,26,30-31H,3-4,6,8,10-11,14H2,1-2H3,(H,28,29);3H,1-2H3. The van der Waals surface area contributed by atoms with Gasteiger partial charge < -0.3 is 15.5 Å². The summed E-state index contributed by atoms with van der Waals surface area (Å²) in [6.45, 7) is 4.42. The van der Waals surface area contributed by atoms with Gasteiger partial charge >= 0.3 is 0 Å². The molecular weight excluding hydrogens is 422 g/mol. The number of nitrogens with zero attached hydrogens (tertiary/aromatic N) is 1. The highest BCUT2D eigenvalue weighted by molar-refractivity contribution is 5.86. The molecule has 0 aliphatic heterocycles. The molecule has 5 heteroatoms. The Morgan fingerprint density at radius 3 is 2.74 bits per heavy atom. The summed E-state index contributed by atoms with van der Waals surface area (Å²) in [5.74, 6) is 1.03. The molecule has 1 aromatic carbocycles. The van der Waals surface area contributed by atoms with Gasteiger partial charge in [-0.2, -0.15) is 5.10 Å². The summed E-state index contributed by atoms with van der Waals surface area (Å²) in [6, 6.07) is 6.61. The highest BCUT2D eigenvalue weighted by atomic mass is 16.3. The van der Waals surface area contributed by atoms with Gasteiger partial charge in [0.25, 0.3) is 0 Å². The Morgan fingerprint density at radius 2 is 1.94 bits per heavy atom. The van der Waals surface area contributed by atoms with Crippen molar-refractivity contribution in [3.63, 3.8) is 0 Å². The first kappa shape index (κ1) is 23.5. The molecule has 34 heavy (non-hydrogen) atoms. The van der Waals surface area contributed by atoms with Gasteiger partial charge in [-0.05, 0) is 101 Å². The van der Waals surface area contributed by atoms with E-state index >= 15 is 0 Å². The van der Waals surface area contributed by atoms with E-state index < -0.39 is 6.10 Å². The second-order valence-corrected chi connectivity index (χ2v) is 11.0. The Morgan fingerprint density at radius 1 is 1.15 bits per heavy atom. The third-order valence-electron chi connectivity index (χ3n) is 8.71. The molecule has 0 amide bonds. The average Bonchev–Trinajstić information content (AvgIpc) is 3.27. The number of aromatic amines is 1. The number of fused-ring (bicyclic) bond motifs is 4. The number of nitrogens with one attached hydrogen (secondary N) is 2. The van der Waals surface area contributed by atoms with Crippen LogP contribution in [-0.4, -0.2) is 46.7 Å². The lowest BCUT2D eigenvalue weighted by Crippen LogP contribution is -2.37. The number of aromatic nitrogens is 2. The van der Waals surface area contributed by atoms with E-state index in [0.717, 1.165) is 56.2 Å². The van der Waals surface area contributed by atoms with Gasteiger partial charge in [0.05, 0.1) is 17.7 Å². The predicted octanol–water partition coefficient (Wildman–Crippen LogP) is 5.06. The van der Waals surface area contributed by atoms with Crippen LogP contribution in [0.25, 0.3) is 16.5 Å². The highest BCUT2D eigenvalue weighted by Gasteiger charge is 2.49. The Bertz CT molecular complexity index is 1170. The van der Waals surface area contributed by atoms with Crippen LogP contribution in [0.4, 0.5) is 0 Å².